The highest BCUT2D eigenvalue weighted by molar-refractivity contribution is 7.25. The highest BCUT2D eigenvalue weighted by Gasteiger charge is 2.25. The molecule has 0 aliphatic carbocycles. The Bertz CT molecular complexity index is 3920. The minimum atomic E-state index is 0.570. The van der Waals surface area contributed by atoms with Crippen LogP contribution in [0.3, 0.4) is 0 Å². The Kier molecular flexibility index (Phi) is 7.74. The molecule has 13 rings (SSSR count). The predicted molar refractivity (Wildman–Crippen MR) is 261 cm³/mol. The van der Waals surface area contributed by atoms with Gasteiger partial charge in [-0.1, -0.05) is 188 Å². The molecule has 0 N–H and O–H groups in total. The second kappa shape index (κ2) is 13.8. The van der Waals surface area contributed by atoms with E-state index in [-0.39, 0.29) is 0 Å². The van der Waals surface area contributed by atoms with Crippen LogP contribution in [0.4, 0.5) is 0 Å². The van der Waals surface area contributed by atoms with Crippen molar-refractivity contribution in [3.05, 3.63) is 206 Å². The van der Waals surface area contributed by atoms with E-state index in [0.717, 1.165) is 55.0 Å². The van der Waals surface area contributed by atoms with Crippen LogP contribution in [0.15, 0.2) is 206 Å². The molecule has 0 saturated heterocycles. The van der Waals surface area contributed by atoms with Gasteiger partial charge in [-0.15, -0.1) is 11.3 Å². The summed E-state index contributed by atoms with van der Waals surface area (Å²) in [6.45, 7) is 0. The lowest BCUT2D eigenvalue weighted by Crippen LogP contribution is -2.07. The first-order valence-corrected chi connectivity index (χ1v) is 21.8. The summed E-state index contributed by atoms with van der Waals surface area (Å²) < 4.78 is 4.88. The number of nitrogens with zero attached hydrogens (tertiary/aromatic N) is 4. The van der Waals surface area contributed by atoms with Crippen LogP contribution >= 0.6 is 11.3 Å². The first-order chi connectivity index (χ1) is 30.7. The normalized spacial score (nSPS) is 11.9. The van der Waals surface area contributed by atoms with Crippen LogP contribution < -0.4 is 0 Å². The molecule has 13 aromatic rings. The van der Waals surface area contributed by atoms with Crippen molar-refractivity contribution in [3.8, 4) is 51.0 Å². The van der Waals surface area contributed by atoms with Gasteiger partial charge in [-0.05, 0) is 61.8 Å². The number of hydrogen-bond acceptors (Lipinski definition) is 4. The Morgan fingerprint density at radius 2 is 0.887 bits per heavy atom. The lowest BCUT2D eigenvalue weighted by molar-refractivity contribution is 0.956. The number of hydrogen-bond donors (Lipinski definition) is 0. The van der Waals surface area contributed by atoms with Crippen LogP contribution in [0.25, 0.3) is 125 Å². The monoisotopic (exact) mass is 806 g/mol. The molecule has 0 aliphatic heterocycles. The third kappa shape index (κ3) is 5.35. The minimum Gasteiger partial charge on any atom is -0.277 e. The Morgan fingerprint density at radius 3 is 1.71 bits per heavy atom. The molecule has 5 heteroatoms. The number of rotatable bonds is 5. The minimum absolute atomic E-state index is 0.570. The summed E-state index contributed by atoms with van der Waals surface area (Å²) in [6, 6.07) is 73.8. The average molecular weight is 807 g/mol. The number of thiophene rings is 1. The summed E-state index contributed by atoms with van der Waals surface area (Å²) in [4.78, 5) is 16.3. The Hall–Kier alpha value is -7.99. The molecule has 0 unspecified atom stereocenters. The second-order valence-electron chi connectivity index (χ2n) is 15.9. The molecule has 62 heavy (non-hydrogen) atoms. The SMILES string of the molecule is c1ccc(-c2ccc(-c3nc(-c4ccc5ccccc5c4)nc(-n4c5c(-c6cccc7sc8ccccc8c67)cccc5c5c6ccccc6c6ccccc6c54)n3)cc2)cc1. The molecular weight excluding hydrogens is 773 g/mol. The summed E-state index contributed by atoms with van der Waals surface area (Å²) in [5.41, 5.74) is 8.60. The van der Waals surface area contributed by atoms with E-state index in [1.54, 1.807) is 0 Å². The summed E-state index contributed by atoms with van der Waals surface area (Å²) in [5.74, 6) is 1.80. The molecule has 0 fully saturated rings. The van der Waals surface area contributed by atoms with E-state index >= 15 is 0 Å². The van der Waals surface area contributed by atoms with Gasteiger partial charge in [0.25, 0.3) is 0 Å². The van der Waals surface area contributed by atoms with E-state index < -0.39 is 0 Å². The molecule has 288 valence electrons. The second-order valence-corrected chi connectivity index (χ2v) is 17.0. The van der Waals surface area contributed by atoms with Crippen molar-refractivity contribution in [2.45, 2.75) is 0 Å². The smallest absolute Gasteiger partial charge is 0.238 e. The standard InChI is InChI=1S/C57H34N4S/c1-2-14-35(15-3-1)37-28-31-38(32-29-37)55-58-56(40-33-30-36-16-4-5-17-39(36)34-40)60-57(59-55)61-53-46(44-23-13-27-50-51(44)47-22-10-11-26-49(47)62-50)24-12-25-48(53)52-43-20-8-6-18-41(43)42-19-7-9-21-45(42)54(52)61/h1-34H. The highest BCUT2D eigenvalue weighted by atomic mass is 32.1. The van der Waals surface area contributed by atoms with Gasteiger partial charge in [-0.25, -0.2) is 4.98 Å². The molecule has 0 aliphatic rings. The van der Waals surface area contributed by atoms with Crippen LogP contribution in [0, 0.1) is 0 Å². The predicted octanol–water partition coefficient (Wildman–Crippen LogP) is 15.5. The third-order valence-corrected chi connectivity index (χ3v) is 13.6. The Morgan fingerprint density at radius 1 is 0.323 bits per heavy atom. The summed E-state index contributed by atoms with van der Waals surface area (Å²) in [6.07, 6.45) is 0. The van der Waals surface area contributed by atoms with Gasteiger partial charge in [0.1, 0.15) is 0 Å². The molecule has 3 heterocycles. The van der Waals surface area contributed by atoms with Crippen LogP contribution in [-0.2, 0) is 0 Å². The van der Waals surface area contributed by atoms with Crippen molar-refractivity contribution in [2.24, 2.45) is 0 Å². The number of benzene rings is 10. The number of para-hydroxylation sites is 1. The molecule has 3 aromatic heterocycles. The van der Waals surface area contributed by atoms with Gasteiger partial charge in [0, 0.05) is 53.0 Å². The first-order valence-electron chi connectivity index (χ1n) is 20.9. The molecular formula is C57H34N4S. The fraction of sp³-hybridized carbons (Fsp3) is 0. The summed E-state index contributed by atoms with van der Waals surface area (Å²) >= 11 is 1.84. The maximum Gasteiger partial charge on any atom is 0.238 e. The topological polar surface area (TPSA) is 43.6 Å². The molecule has 4 nitrogen and oxygen atoms in total. The van der Waals surface area contributed by atoms with Crippen LogP contribution in [0.1, 0.15) is 0 Å². The van der Waals surface area contributed by atoms with Crippen molar-refractivity contribution < 1.29 is 0 Å². The van der Waals surface area contributed by atoms with Crippen LogP contribution in [0.2, 0.25) is 0 Å². The van der Waals surface area contributed by atoms with E-state index in [0.29, 0.717) is 17.6 Å². The van der Waals surface area contributed by atoms with Gasteiger partial charge in [0.05, 0.1) is 11.0 Å². The van der Waals surface area contributed by atoms with Crippen molar-refractivity contribution in [1.82, 2.24) is 19.5 Å². The molecule has 10 aromatic carbocycles. The molecule has 0 radical (unpaired) electrons. The van der Waals surface area contributed by atoms with E-state index in [9.17, 15) is 0 Å². The first kappa shape index (κ1) is 34.8. The van der Waals surface area contributed by atoms with Gasteiger partial charge in [-0.2, -0.15) is 9.97 Å². The van der Waals surface area contributed by atoms with Gasteiger partial charge >= 0.3 is 0 Å². The van der Waals surface area contributed by atoms with Crippen LogP contribution in [-0.4, -0.2) is 19.5 Å². The number of aromatic nitrogens is 4. The maximum atomic E-state index is 5.51. The highest BCUT2D eigenvalue weighted by Crippen LogP contribution is 2.47. The number of fused-ring (bicyclic) bond motifs is 12. The molecule has 0 amide bonds. The quantitative estimate of drug-likeness (QED) is 0.163. The average Bonchev–Trinajstić information content (AvgIpc) is 3.91. The van der Waals surface area contributed by atoms with Crippen LogP contribution in [0.5, 0.6) is 0 Å². The van der Waals surface area contributed by atoms with Gasteiger partial charge < -0.3 is 0 Å². The largest absolute Gasteiger partial charge is 0.277 e. The zero-order valence-electron chi connectivity index (χ0n) is 33.3. The Balaban J connectivity index is 1.18. The van der Waals surface area contributed by atoms with E-state index in [1.807, 2.05) is 17.4 Å². The van der Waals surface area contributed by atoms with Crippen molar-refractivity contribution in [1.29, 1.82) is 0 Å². The van der Waals surface area contributed by atoms with Crippen molar-refractivity contribution in [3.63, 3.8) is 0 Å². The van der Waals surface area contributed by atoms with E-state index in [2.05, 4.69) is 205 Å². The summed E-state index contributed by atoms with van der Waals surface area (Å²) in [7, 11) is 0. The Labute approximate surface area is 360 Å². The third-order valence-electron chi connectivity index (χ3n) is 12.4. The van der Waals surface area contributed by atoms with Gasteiger partial charge in [0.2, 0.25) is 5.95 Å². The van der Waals surface area contributed by atoms with E-state index in [4.69, 9.17) is 15.0 Å². The fourth-order valence-electron chi connectivity index (χ4n) is 9.64. The molecule has 0 saturated carbocycles. The van der Waals surface area contributed by atoms with Gasteiger partial charge in [-0.3, -0.25) is 4.57 Å². The van der Waals surface area contributed by atoms with Gasteiger partial charge in [0.15, 0.2) is 11.6 Å². The zero-order valence-corrected chi connectivity index (χ0v) is 34.1. The molecule has 0 spiro atoms. The lowest BCUT2D eigenvalue weighted by Gasteiger charge is -2.15. The molecule has 0 bridgehead atoms. The summed E-state index contributed by atoms with van der Waals surface area (Å²) in [5, 5.41) is 11.9. The molecule has 0 atom stereocenters. The fourth-order valence-corrected chi connectivity index (χ4v) is 10.8. The van der Waals surface area contributed by atoms with Crippen molar-refractivity contribution in [2.75, 3.05) is 0 Å². The zero-order chi connectivity index (χ0) is 40.7. The maximum absolute atomic E-state index is 5.51. The van der Waals surface area contributed by atoms with E-state index in [1.165, 1.54) is 52.7 Å². The van der Waals surface area contributed by atoms with Crippen molar-refractivity contribution >= 4 is 85.6 Å². The lowest BCUT2D eigenvalue weighted by atomic mass is 9.95.